The summed E-state index contributed by atoms with van der Waals surface area (Å²) in [7, 11) is 6.18. The molecule has 1 aliphatic carbocycles. The summed E-state index contributed by atoms with van der Waals surface area (Å²) in [6.45, 7) is 14.6. The van der Waals surface area contributed by atoms with E-state index in [2.05, 4.69) is 121 Å². The summed E-state index contributed by atoms with van der Waals surface area (Å²) >= 11 is 0. The number of anilines is 4. The van der Waals surface area contributed by atoms with Crippen LogP contribution in [0.25, 0.3) is 33.8 Å². The first-order chi connectivity index (χ1) is 42.2. The number of aryl methyl sites for hydroxylation is 2. The zero-order valence-electron chi connectivity index (χ0n) is 50.5. The lowest BCUT2D eigenvalue weighted by molar-refractivity contribution is -0.138. The van der Waals surface area contributed by atoms with Gasteiger partial charge in [-0.2, -0.15) is 23.4 Å². The zero-order chi connectivity index (χ0) is 62.0. The van der Waals surface area contributed by atoms with E-state index >= 15 is 0 Å². The van der Waals surface area contributed by atoms with Crippen molar-refractivity contribution in [3.05, 3.63) is 154 Å². The third kappa shape index (κ3) is 14.4. The monoisotopic (exact) mass is 1200 g/mol. The predicted molar refractivity (Wildman–Crippen MR) is 331 cm³/mol. The van der Waals surface area contributed by atoms with Gasteiger partial charge in [-0.25, -0.2) is 34.9 Å². The van der Waals surface area contributed by atoms with E-state index in [9.17, 15) is 13.2 Å². The molecule has 6 aromatic heterocycles. The van der Waals surface area contributed by atoms with Crippen LogP contribution >= 0.6 is 0 Å². The summed E-state index contributed by atoms with van der Waals surface area (Å²) in [6.07, 6.45) is 14.0. The predicted octanol–water partition coefficient (Wildman–Crippen LogP) is 10.3. The van der Waals surface area contributed by atoms with Crippen LogP contribution in [-0.4, -0.2) is 110 Å². The average molecular weight is 1200 g/mol. The molecule has 1 saturated carbocycles. The third-order valence-electron chi connectivity index (χ3n) is 16.0. The van der Waals surface area contributed by atoms with Crippen molar-refractivity contribution in [3.8, 4) is 62.9 Å². The number of hydrogen-bond donors (Lipinski definition) is 4. The highest BCUT2D eigenvalue weighted by Gasteiger charge is 2.36. The molecule has 3 aliphatic heterocycles. The van der Waals surface area contributed by atoms with E-state index in [-0.39, 0.29) is 41.7 Å². The van der Waals surface area contributed by atoms with Gasteiger partial charge < -0.3 is 51.8 Å². The van der Waals surface area contributed by atoms with E-state index in [0.29, 0.717) is 65.3 Å². The second-order valence-corrected chi connectivity index (χ2v) is 23.5. The van der Waals surface area contributed by atoms with Gasteiger partial charge in [0.1, 0.15) is 12.4 Å². The van der Waals surface area contributed by atoms with E-state index < -0.39 is 11.7 Å². The number of nitrogen functional groups attached to an aromatic ring is 4. The molecule has 0 bridgehead atoms. The quantitative estimate of drug-likeness (QED) is 0.0836. The van der Waals surface area contributed by atoms with Crippen LogP contribution in [0.2, 0.25) is 0 Å². The Hall–Kier alpha value is -9.26. The summed E-state index contributed by atoms with van der Waals surface area (Å²) in [5.74, 6) is 3.55. The lowest BCUT2D eigenvalue weighted by Crippen LogP contribution is -2.28. The fourth-order valence-electron chi connectivity index (χ4n) is 11.2. The highest BCUT2D eigenvalue weighted by atomic mass is 19.4. The van der Waals surface area contributed by atoms with Gasteiger partial charge >= 0.3 is 6.18 Å². The molecular formula is C64H73F3N18O3. The Morgan fingerprint density at radius 1 is 0.580 bits per heavy atom. The number of pyridine rings is 1. The molecule has 24 heteroatoms. The van der Waals surface area contributed by atoms with Crippen LogP contribution in [0, 0.1) is 19.8 Å². The smallest absolute Gasteiger partial charge is 0.416 e. The number of nitrogens with two attached hydrogens (primary N) is 4. The number of ether oxygens (including phenoxy) is 3. The summed E-state index contributed by atoms with van der Waals surface area (Å²) in [5.41, 5.74) is 37.0. The Bertz CT molecular complexity index is 4000. The number of alkyl halides is 3. The molecule has 9 aromatic rings. The van der Waals surface area contributed by atoms with Crippen molar-refractivity contribution >= 4 is 23.3 Å². The van der Waals surface area contributed by atoms with Crippen LogP contribution in [0.3, 0.4) is 0 Å². The molecule has 21 nitrogen and oxygen atoms in total. The van der Waals surface area contributed by atoms with Crippen molar-refractivity contribution in [2.24, 2.45) is 5.92 Å². The molecule has 88 heavy (non-hydrogen) atoms. The fourth-order valence-corrected chi connectivity index (χ4v) is 11.2. The highest BCUT2D eigenvalue weighted by molar-refractivity contribution is 5.67. The SMILES string of the molecule is CN1CCc2c(cc(-c3cnc(N)c(OCc4ccnc(N)c4)n3)cc2C(F)(F)F)C1.Cc1cc(-c2cnc(N)c(Oc3cnn(C(C)C)c3)n2)cc2c1CCN(C)C2.Cc1cc(-c2cnc(N)c(Oc3cnn(CC4CC4)c3)n2)cc2c1CCN(C)C2. The molecule has 3 aromatic carbocycles. The molecule has 4 aliphatic rings. The molecule has 458 valence electrons. The lowest BCUT2D eigenvalue weighted by Gasteiger charge is -2.28. The van der Waals surface area contributed by atoms with Crippen molar-refractivity contribution in [1.29, 1.82) is 0 Å². The molecule has 0 radical (unpaired) electrons. The Balaban J connectivity index is 0.000000137. The molecule has 0 spiro atoms. The van der Waals surface area contributed by atoms with Gasteiger partial charge in [-0.05, 0) is 185 Å². The lowest BCUT2D eigenvalue weighted by atomic mass is 9.91. The first-order valence-corrected chi connectivity index (χ1v) is 29.3. The maximum atomic E-state index is 13.7. The number of hydrogen-bond acceptors (Lipinski definition) is 19. The maximum Gasteiger partial charge on any atom is 0.416 e. The van der Waals surface area contributed by atoms with Crippen LogP contribution < -0.4 is 37.1 Å². The molecule has 1 fully saturated rings. The van der Waals surface area contributed by atoms with E-state index in [4.69, 9.17) is 37.1 Å². The van der Waals surface area contributed by atoms with Gasteiger partial charge in [0.25, 0.3) is 17.6 Å². The van der Waals surface area contributed by atoms with Crippen LogP contribution in [0.15, 0.2) is 98.1 Å². The van der Waals surface area contributed by atoms with Crippen LogP contribution in [-0.2, 0) is 58.2 Å². The topological polar surface area (TPSA) is 267 Å². The average Bonchev–Trinajstić information content (AvgIpc) is 1.61. The van der Waals surface area contributed by atoms with Gasteiger partial charge in [-0.1, -0.05) is 0 Å². The minimum absolute atomic E-state index is 0.0382. The third-order valence-corrected chi connectivity index (χ3v) is 16.0. The molecule has 0 atom stereocenters. The van der Waals surface area contributed by atoms with E-state index in [1.807, 2.05) is 33.7 Å². The number of likely N-dealkylation sites (N-methyl/N-ethyl adjacent to an activating group) is 3. The fraction of sp³-hybridized carbons (Fsp3) is 0.359. The van der Waals surface area contributed by atoms with Crippen LogP contribution in [0.1, 0.15) is 88.4 Å². The Morgan fingerprint density at radius 3 is 1.56 bits per heavy atom. The summed E-state index contributed by atoms with van der Waals surface area (Å²) in [5, 5.41) is 8.65. The first kappa shape index (κ1) is 60.4. The normalized spacial score (nSPS) is 15.1. The van der Waals surface area contributed by atoms with Crippen molar-refractivity contribution in [2.45, 2.75) is 105 Å². The molecule has 0 amide bonds. The van der Waals surface area contributed by atoms with Crippen molar-refractivity contribution in [2.75, 3.05) is 63.7 Å². The van der Waals surface area contributed by atoms with Crippen LogP contribution in [0.4, 0.5) is 36.4 Å². The summed E-state index contributed by atoms with van der Waals surface area (Å²) in [4.78, 5) is 36.9. The van der Waals surface area contributed by atoms with Gasteiger partial charge in [0.05, 0.1) is 66.0 Å². The molecule has 13 rings (SSSR count). The second-order valence-electron chi connectivity index (χ2n) is 23.5. The minimum Gasteiger partial charge on any atom is -0.470 e. The minimum atomic E-state index is -4.46. The van der Waals surface area contributed by atoms with Crippen LogP contribution in [0.5, 0.6) is 29.1 Å². The molecule has 9 heterocycles. The Kier molecular flexibility index (Phi) is 17.6. The van der Waals surface area contributed by atoms with Gasteiger partial charge in [0, 0.05) is 74.7 Å². The Labute approximate surface area is 508 Å². The molecule has 8 N–H and O–H groups in total. The van der Waals surface area contributed by atoms with Gasteiger partial charge in [-0.15, -0.1) is 0 Å². The van der Waals surface area contributed by atoms with Crippen molar-refractivity contribution < 1.29 is 27.4 Å². The Morgan fingerprint density at radius 2 is 1.06 bits per heavy atom. The summed E-state index contributed by atoms with van der Waals surface area (Å²) < 4.78 is 62.4. The number of aromatic nitrogens is 11. The maximum absolute atomic E-state index is 13.7. The number of halogens is 3. The standard InChI is InChI=1S/C22H26N6O.C21H21F3N6O.C21H26N6O/c1-14-7-16(8-17-12-27(2)6-5-19(14)17)20-10-24-21(23)22(26-20)29-18-9-25-28(13-18)11-15-3-4-15;1-30-5-3-15-14(10-30)7-13(8-16(15)21(22,23)24)17-9-28-19(26)20(29-17)31-11-12-2-4-27-18(25)6-12;1-13(2)27-12-17(9-24-27)28-21-20(22)23-10-19(25-21)15-7-14(3)18-5-6-26(4)11-16(18)8-15/h7-10,13,15H,3-6,11-12H2,1-2H3,(H2,23,24);2,4,6-9H,3,5,10-11H2,1H3,(H2,25,27)(H2,26,28);7-10,12-13H,5-6,11H2,1-4H3,(H2,22,23). The van der Waals surface area contributed by atoms with Gasteiger partial charge in [0.15, 0.2) is 29.0 Å². The van der Waals surface area contributed by atoms with E-state index in [0.717, 1.165) is 85.6 Å². The number of rotatable bonds is 13. The van der Waals surface area contributed by atoms with Gasteiger partial charge in [0.2, 0.25) is 0 Å². The molecule has 0 unspecified atom stereocenters. The highest BCUT2D eigenvalue weighted by Crippen LogP contribution is 2.40. The molecule has 0 saturated heterocycles. The molecular weight excluding hydrogens is 1130 g/mol. The van der Waals surface area contributed by atoms with Gasteiger partial charge in [-0.3, -0.25) is 9.36 Å². The second kappa shape index (κ2) is 25.6. The van der Waals surface area contributed by atoms with Crippen molar-refractivity contribution in [3.63, 3.8) is 0 Å². The van der Waals surface area contributed by atoms with E-state index in [1.165, 1.54) is 52.4 Å². The van der Waals surface area contributed by atoms with E-state index in [1.54, 1.807) is 49.2 Å². The number of benzene rings is 3. The first-order valence-electron chi connectivity index (χ1n) is 29.3. The number of fused-ring (bicyclic) bond motifs is 3. The number of nitrogens with zero attached hydrogens (tertiary/aromatic N) is 14. The van der Waals surface area contributed by atoms with Crippen molar-refractivity contribution in [1.82, 2.24) is 69.1 Å². The summed E-state index contributed by atoms with van der Waals surface area (Å²) in [6, 6.07) is 15.2. The largest absolute Gasteiger partial charge is 0.470 e. The zero-order valence-corrected chi connectivity index (χ0v) is 50.5.